The summed E-state index contributed by atoms with van der Waals surface area (Å²) in [6.45, 7) is 3.33. The number of nitrogens with zero attached hydrogens (tertiary/aromatic N) is 2. The van der Waals surface area contributed by atoms with Crippen LogP contribution in [-0.2, 0) is 6.42 Å². The molecule has 4 nitrogen and oxygen atoms in total. The summed E-state index contributed by atoms with van der Waals surface area (Å²) in [6, 6.07) is 12.4. The minimum absolute atomic E-state index is 0.285. The van der Waals surface area contributed by atoms with Gasteiger partial charge in [0.1, 0.15) is 0 Å². The van der Waals surface area contributed by atoms with E-state index in [1.54, 1.807) is 0 Å². The molecule has 0 aromatic heterocycles. The largest absolute Gasteiger partial charge is 0.454 e. The molecule has 1 aliphatic rings. The van der Waals surface area contributed by atoms with E-state index in [-0.39, 0.29) is 6.79 Å². The van der Waals surface area contributed by atoms with Crippen molar-refractivity contribution < 1.29 is 9.47 Å². The molecule has 120 valence electrons. The van der Waals surface area contributed by atoms with Crippen molar-refractivity contribution >= 4 is 11.9 Å². The van der Waals surface area contributed by atoms with E-state index in [9.17, 15) is 0 Å². The van der Waals surface area contributed by atoms with E-state index in [2.05, 4.69) is 55.2 Å². The van der Waals surface area contributed by atoms with Crippen LogP contribution < -0.4 is 9.47 Å². The number of ether oxygens (including phenoxy) is 2. The second-order valence-corrected chi connectivity index (χ2v) is 6.06. The van der Waals surface area contributed by atoms with Crippen molar-refractivity contribution in [2.75, 3.05) is 27.4 Å². The molecule has 1 aliphatic heterocycles. The molecule has 0 atom stereocenters. The van der Waals surface area contributed by atoms with Crippen LogP contribution in [0.2, 0.25) is 0 Å². The van der Waals surface area contributed by atoms with Crippen LogP contribution in [0, 0.1) is 6.92 Å². The molecule has 0 spiro atoms. The first kappa shape index (κ1) is 15.6. The summed E-state index contributed by atoms with van der Waals surface area (Å²) in [6.07, 6.45) is 2.82. The third kappa shape index (κ3) is 3.90. The molecule has 0 fully saturated rings. The van der Waals surface area contributed by atoms with Gasteiger partial charge in [0.05, 0.1) is 5.69 Å². The number of hydrogen-bond donors (Lipinski definition) is 0. The van der Waals surface area contributed by atoms with Crippen molar-refractivity contribution in [3.63, 3.8) is 0 Å². The summed E-state index contributed by atoms with van der Waals surface area (Å²) in [5, 5.41) is 0. The SMILES string of the molecule is Cc1ccc(C=Nc2cc3c(cc2CCN(C)C)OCO3)cc1. The van der Waals surface area contributed by atoms with E-state index in [0.29, 0.717) is 0 Å². The molecule has 0 N–H and O–H groups in total. The fourth-order valence-corrected chi connectivity index (χ4v) is 2.43. The molecular weight excluding hydrogens is 288 g/mol. The van der Waals surface area contributed by atoms with Crippen molar-refractivity contribution in [1.29, 1.82) is 0 Å². The zero-order valence-corrected chi connectivity index (χ0v) is 13.9. The van der Waals surface area contributed by atoms with Crippen LogP contribution in [-0.4, -0.2) is 38.5 Å². The highest BCUT2D eigenvalue weighted by Crippen LogP contribution is 2.38. The van der Waals surface area contributed by atoms with Gasteiger partial charge < -0.3 is 14.4 Å². The normalized spacial score (nSPS) is 13.2. The Bertz CT molecular complexity index is 706. The Labute approximate surface area is 137 Å². The van der Waals surface area contributed by atoms with Crippen molar-refractivity contribution in [3.05, 3.63) is 53.1 Å². The molecular formula is C19H22N2O2. The number of fused-ring (bicyclic) bond motifs is 1. The van der Waals surface area contributed by atoms with Crippen LogP contribution in [0.3, 0.4) is 0 Å². The van der Waals surface area contributed by atoms with Crippen LogP contribution in [0.4, 0.5) is 5.69 Å². The predicted molar refractivity (Wildman–Crippen MR) is 93.3 cm³/mol. The number of likely N-dealkylation sites (N-methyl/N-ethyl adjacent to an activating group) is 1. The monoisotopic (exact) mass is 310 g/mol. The first-order valence-electron chi connectivity index (χ1n) is 7.80. The molecule has 1 heterocycles. The Morgan fingerprint density at radius 3 is 2.48 bits per heavy atom. The van der Waals surface area contributed by atoms with E-state index >= 15 is 0 Å². The highest BCUT2D eigenvalue weighted by molar-refractivity contribution is 5.82. The number of rotatable bonds is 5. The number of aryl methyl sites for hydroxylation is 1. The summed E-state index contributed by atoms with van der Waals surface area (Å²) in [5.41, 5.74) is 4.45. The van der Waals surface area contributed by atoms with E-state index in [0.717, 1.165) is 35.7 Å². The minimum Gasteiger partial charge on any atom is -0.454 e. The molecule has 0 aliphatic carbocycles. The Morgan fingerprint density at radius 1 is 1.09 bits per heavy atom. The van der Waals surface area contributed by atoms with Gasteiger partial charge in [-0.3, -0.25) is 4.99 Å². The Morgan fingerprint density at radius 2 is 1.78 bits per heavy atom. The van der Waals surface area contributed by atoms with Gasteiger partial charge in [0.2, 0.25) is 6.79 Å². The van der Waals surface area contributed by atoms with E-state index in [4.69, 9.17) is 9.47 Å². The molecule has 23 heavy (non-hydrogen) atoms. The van der Waals surface area contributed by atoms with E-state index in [1.807, 2.05) is 18.3 Å². The van der Waals surface area contributed by atoms with Gasteiger partial charge in [0.15, 0.2) is 11.5 Å². The number of aliphatic imine (C=N–C) groups is 1. The first-order chi connectivity index (χ1) is 11.1. The molecule has 3 rings (SSSR count). The van der Waals surface area contributed by atoms with Crippen molar-refractivity contribution in [2.24, 2.45) is 4.99 Å². The summed E-state index contributed by atoms with van der Waals surface area (Å²) in [5.74, 6) is 1.59. The Hall–Kier alpha value is -2.33. The highest BCUT2D eigenvalue weighted by Gasteiger charge is 2.17. The zero-order chi connectivity index (χ0) is 16.2. The van der Waals surface area contributed by atoms with Gasteiger partial charge in [0.25, 0.3) is 0 Å². The van der Waals surface area contributed by atoms with Gasteiger partial charge >= 0.3 is 0 Å². The lowest BCUT2D eigenvalue weighted by molar-refractivity contribution is 0.174. The zero-order valence-electron chi connectivity index (χ0n) is 13.9. The molecule has 4 heteroatoms. The van der Waals surface area contributed by atoms with Gasteiger partial charge in [-0.25, -0.2) is 0 Å². The Kier molecular flexibility index (Phi) is 4.63. The average Bonchev–Trinajstić information content (AvgIpc) is 2.99. The maximum absolute atomic E-state index is 5.49. The summed E-state index contributed by atoms with van der Waals surface area (Å²) >= 11 is 0. The van der Waals surface area contributed by atoms with Crippen LogP contribution in [0.25, 0.3) is 0 Å². The smallest absolute Gasteiger partial charge is 0.231 e. The van der Waals surface area contributed by atoms with Crippen LogP contribution >= 0.6 is 0 Å². The fraction of sp³-hybridized carbons (Fsp3) is 0.316. The molecule has 0 saturated carbocycles. The maximum atomic E-state index is 5.49. The average molecular weight is 310 g/mol. The summed E-state index contributed by atoms with van der Waals surface area (Å²) in [4.78, 5) is 6.85. The Balaban J connectivity index is 1.88. The van der Waals surface area contributed by atoms with Gasteiger partial charge in [-0.05, 0) is 44.6 Å². The second-order valence-electron chi connectivity index (χ2n) is 6.06. The topological polar surface area (TPSA) is 34.1 Å². The second kappa shape index (κ2) is 6.84. The predicted octanol–water partition coefficient (Wildman–Crippen LogP) is 3.58. The lowest BCUT2D eigenvalue weighted by Gasteiger charge is -2.12. The summed E-state index contributed by atoms with van der Waals surface area (Å²) < 4.78 is 11.0. The van der Waals surface area contributed by atoms with Crippen molar-refractivity contribution in [3.8, 4) is 11.5 Å². The molecule has 0 saturated heterocycles. The summed E-state index contributed by atoms with van der Waals surface area (Å²) in [7, 11) is 4.14. The molecule has 0 unspecified atom stereocenters. The third-order valence-corrected chi connectivity index (χ3v) is 3.83. The number of benzene rings is 2. The highest BCUT2D eigenvalue weighted by atomic mass is 16.7. The third-order valence-electron chi connectivity index (χ3n) is 3.83. The molecule has 0 amide bonds. The minimum atomic E-state index is 0.285. The lowest BCUT2D eigenvalue weighted by Crippen LogP contribution is -2.15. The first-order valence-corrected chi connectivity index (χ1v) is 7.80. The van der Waals surface area contributed by atoms with Gasteiger partial charge in [0, 0.05) is 18.8 Å². The van der Waals surface area contributed by atoms with Crippen molar-refractivity contribution in [1.82, 2.24) is 4.90 Å². The van der Waals surface area contributed by atoms with Gasteiger partial charge in [-0.2, -0.15) is 0 Å². The van der Waals surface area contributed by atoms with Gasteiger partial charge in [-0.1, -0.05) is 29.8 Å². The van der Waals surface area contributed by atoms with E-state index < -0.39 is 0 Å². The lowest BCUT2D eigenvalue weighted by atomic mass is 10.1. The number of hydrogen-bond acceptors (Lipinski definition) is 4. The molecule has 0 bridgehead atoms. The standard InChI is InChI=1S/C19H22N2O2/c1-14-4-6-15(7-5-14)12-20-17-11-19-18(22-13-23-19)10-16(17)8-9-21(2)3/h4-7,10-12H,8-9,13H2,1-3H3. The van der Waals surface area contributed by atoms with Crippen molar-refractivity contribution in [2.45, 2.75) is 13.3 Å². The quantitative estimate of drug-likeness (QED) is 0.792. The molecule has 2 aromatic carbocycles. The molecule has 2 aromatic rings. The van der Waals surface area contributed by atoms with E-state index in [1.165, 1.54) is 11.1 Å². The van der Waals surface area contributed by atoms with Crippen LogP contribution in [0.15, 0.2) is 41.4 Å². The molecule has 0 radical (unpaired) electrons. The van der Waals surface area contributed by atoms with Gasteiger partial charge in [-0.15, -0.1) is 0 Å². The van der Waals surface area contributed by atoms with Crippen LogP contribution in [0.1, 0.15) is 16.7 Å². The van der Waals surface area contributed by atoms with Crippen LogP contribution in [0.5, 0.6) is 11.5 Å². The maximum Gasteiger partial charge on any atom is 0.231 e. The fourth-order valence-electron chi connectivity index (χ4n) is 2.43.